The van der Waals surface area contributed by atoms with E-state index in [1.165, 1.54) is 47.5 Å². The molecule has 0 aliphatic carbocycles. The maximum atomic E-state index is 14.3. The normalized spacial score (nSPS) is 13.1. The van der Waals surface area contributed by atoms with Crippen LogP contribution in [0.5, 0.6) is 23.0 Å². The van der Waals surface area contributed by atoms with Crippen LogP contribution in [0.4, 0.5) is 0 Å². The Morgan fingerprint density at radius 2 is 1.34 bits per heavy atom. The zero-order valence-electron chi connectivity index (χ0n) is 24.3. The van der Waals surface area contributed by atoms with Crippen molar-refractivity contribution in [2.24, 2.45) is 11.5 Å². The number of hydrogen-bond acceptors (Lipinski definition) is 11. The van der Waals surface area contributed by atoms with Crippen LogP contribution < -0.4 is 35.7 Å². The maximum absolute atomic E-state index is 14.3. The Morgan fingerprint density at radius 1 is 0.854 bits per heavy atom. The lowest BCUT2D eigenvalue weighted by Crippen LogP contribution is -2.55. The second-order valence-electron chi connectivity index (χ2n) is 9.28. The quantitative estimate of drug-likeness (QED) is 0.159. The van der Waals surface area contributed by atoms with Crippen LogP contribution in [0.1, 0.15) is 46.9 Å². The van der Waals surface area contributed by atoms with Gasteiger partial charge in [0.25, 0.3) is 11.8 Å². The number of carbonyl (C=O) groups excluding carboxylic acids is 3. The van der Waals surface area contributed by atoms with Gasteiger partial charge in [0.1, 0.15) is 6.04 Å². The van der Waals surface area contributed by atoms with Gasteiger partial charge in [0.2, 0.25) is 0 Å². The number of rotatable bonds is 17. The molecule has 226 valence electrons. The topological polar surface area (TPSA) is 176 Å². The summed E-state index contributed by atoms with van der Waals surface area (Å²) in [5, 5.41) is 13.4. The molecule has 0 fully saturated rings. The minimum absolute atomic E-state index is 0.00782. The Morgan fingerprint density at radius 3 is 1.76 bits per heavy atom. The van der Waals surface area contributed by atoms with Crippen molar-refractivity contribution >= 4 is 17.6 Å². The van der Waals surface area contributed by atoms with Crippen molar-refractivity contribution in [2.75, 3.05) is 48.1 Å². The summed E-state index contributed by atoms with van der Waals surface area (Å²) in [5.74, 6) is -1.61. The number of nitrogens with zero attached hydrogens (tertiary/aromatic N) is 1. The average Bonchev–Trinajstić information content (AvgIpc) is 2.99. The lowest BCUT2D eigenvalue weighted by Gasteiger charge is -2.32. The first-order chi connectivity index (χ1) is 19.7. The molecule has 2 aromatic carbocycles. The van der Waals surface area contributed by atoms with Crippen LogP contribution in [0.2, 0.25) is 0 Å². The Hall–Kier alpha value is -3.71. The molecule has 12 nitrogen and oxygen atoms in total. The number of carbonyl (C=O) groups is 3. The molecule has 0 heterocycles. The van der Waals surface area contributed by atoms with Gasteiger partial charge in [0.05, 0.1) is 51.7 Å². The van der Waals surface area contributed by atoms with E-state index in [1.54, 1.807) is 24.3 Å². The highest BCUT2D eigenvalue weighted by molar-refractivity contribution is 6.15. The number of benzene rings is 2. The first-order valence-electron chi connectivity index (χ1n) is 13.4. The standard InChI is InChI=1S/C29H42N4O8/c1-18(34)24(31)25(35)21(12-8-16-32-17-9-15-30)33(28(36)19-10-6-13-22(38-2)26(19)40-4)29(37)20-11-7-14-23(39-3)27(20)41-5/h6-7,10-11,13-14,18,21,24,32,34H,8-9,12,15-17,30-31H2,1-5H3. The van der Waals surface area contributed by atoms with Crippen molar-refractivity contribution in [3.63, 3.8) is 0 Å². The molecule has 41 heavy (non-hydrogen) atoms. The van der Waals surface area contributed by atoms with E-state index in [0.29, 0.717) is 26.1 Å². The van der Waals surface area contributed by atoms with Gasteiger partial charge in [-0.3, -0.25) is 19.3 Å². The van der Waals surface area contributed by atoms with Gasteiger partial charge in [-0.15, -0.1) is 0 Å². The molecule has 3 unspecified atom stereocenters. The predicted octanol–water partition coefficient (Wildman–Crippen LogP) is 1.37. The van der Waals surface area contributed by atoms with Crippen LogP contribution in [0.15, 0.2) is 36.4 Å². The summed E-state index contributed by atoms with van der Waals surface area (Å²) in [6, 6.07) is 6.61. The molecule has 0 radical (unpaired) electrons. The van der Waals surface area contributed by atoms with Gasteiger partial charge in [-0.05, 0) is 70.1 Å². The van der Waals surface area contributed by atoms with Crippen molar-refractivity contribution in [1.29, 1.82) is 0 Å². The number of imide groups is 1. The summed E-state index contributed by atoms with van der Waals surface area (Å²) >= 11 is 0. The molecule has 2 amide bonds. The molecule has 12 heteroatoms. The fraction of sp³-hybridized carbons (Fsp3) is 0.483. The molecule has 0 spiro atoms. The summed E-state index contributed by atoms with van der Waals surface area (Å²) in [4.78, 5) is 43.2. The molecule has 0 saturated carbocycles. The van der Waals surface area contributed by atoms with E-state index in [1.807, 2.05) is 0 Å². The SMILES string of the molecule is COc1cccc(C(=O)N(C(=O)c2cccc(OC)c2OC)C(CCCNCCCN)C(=O)C(N)C(C)O)c1OC. The third kappa shape index (κ3) is 8.17. The third-order valence-electron chi connectivity index (χ3n) is 6.58. The maximum Gasteiger partial charge on any atom is 0.265 e. The number of methoxy groups -OCH3 is 4. The average molecular weight is 575 g/mol. The number of hydrogen-bond donors (Lipinski definition) is 4. The van der Waals surface area contributed by atoms with Gasteiger partial charge in [-0.1, -0.05) is 12.1 Å². The number of amides is 2. The van der Waals surface area contributed by atoms with Crippen molar-refractivity contribution < 1.29 is 38.4 Å². The van der Waals surface area contributed by atoms with Gasteiger partial charge in [0.15, 0.2) is 28.8 Å². The zero-order chi connectivity index (χ0) is 30.5. The summed E-state index contributed by atoms with van der Waals surface area (Å²) < 4.78 is 21.6. The molecule has 3 atom stereocenters. The van der Waals surface area contributed by atoms with Gasteiger partial charge in [0, 0.05) is 0 Å². The Bertz CT molecular complexity index is 1110. The van der Waals surface area contributed by atoms with Crippen LogP contribution >= 0.6 is 0 Å². The number of ketones is 1. The summed E-state index contributed by atoms with van der Waals surface area (Å²) in [7, 11) is 5.57. The zero-order valence-corrected chi connectivity index (χ0v) is 24.3. The number of para-hydroxylation sites is 2. The second kappa shape index (κ2) is 16.5. The number of nitrogens with two attached hydrogens (primary N) is 2. The number of nitrogens with one attached hydrogen (secondary N) is 1. The second-order valence-corrected chi connectivity index (χ2v) is 9.28. The molecular weight excluding hydrogens is 532 g/mol. The first-order valence-corrected chi connectivity index (χ1v) is 13.4. The van der Waals surface area contributed by atoms with E-state index >= 15 is 0 Å². The molecule has 0 aliphatic rings. The van der Waals surface area contributed by atoms with E-state index in [9.17, 15) is 19.5 Å². The molecule has 6 N–H and O–H groups in total. The highest BCUT2D eigenvalue weighted by atomic mass is 16.5. The Balaban J connectivity index is 2.72. The van der Waals surface area contributed by atoms with Crippen LogP contribution in [0.25, 0.3) is 0 Å². The number of ether oxygens (including phenoxy) is 4. The van der Waals surface area contributed by atoms with Crippen molar-refractivity contribution in [3.05, 3.63) is 47.5 Å². The highest BCUT2D eigenvalue weighted by Crippen LogP contribution is 2.35. The molecule has 0 aliphatic heterocycles. The minimum Gasteiger partial charge on any atom is -0.493 e. The number of aliphatic hydroxyl groups excluding tert-OH is 1. The summed E-state index contributed by atoms with van der Waals surface area (Å²) in [6.45, 7) is 3.07. The van der Waals surface area contributed by atoms with Gasteiger partial charge in [-0.2, -0.15) is 0 Å². The lowest BCUT2D eigenvalue weighted by atomic mass is 9.94. The highest BCUT2D eigenvalue weighted by Gasteiger charge is 2.40. The van der Waals surface area contributed by atoms with Crippen LogP contribution in [0, 0.1) is 0 Å². The third-order valence-corrected chi connectivity index (χ3v) is 6.58. The van der Waals surface area contributed by atoms with Gasteiger partial charge < -0.3 is 40.8 Å². The molecule has 0 aromatic heterocycles. The van der Waals surface area contributed by atoms with Crippen LogP contribution in [-0.2, 0) is 4.79 Å². The van der Waals surface area contributed by atoms with Crippen LogP contribution in [0.3, 0.4) is 0 Å². The fourth-order valence-corrected chi connectivity index (χ4v) is 4.38. The summed E-state index contributed by atoms with van der Waals surface area (Å²) in [6.07, 6.45) is 0.0290. The fourth-order valence-electron chi connectivity index (χ4n) is 4.38. The van der Waals surface area contributed by atoms with Crippen LogP contribution in [-0.4, -0.2) is 93.9 Å². The van der Waals surface area contributed by atoms with E-state index in [-0.39, 0.29) is 40.5 Å². The minimum atomic E-state index is -1.35. The van der Waals surface area contributed by atoms with E-state index < -0.39 is 35.8 Å². The number of aliphatic hydroxyl groups is 1. The smallest absolute Gasteiger partial charge is 0.265 e. The monoisotopic (exact) mass is 574 g/mol. The van der Waals surface area contributed by atoms with E-state index in [0.717, 1.165) is 11.3 Å². The van der Waals surface area contributed by atoms with E-state index in [4.69, 9.17) is 30.4 Å². The van der Waals surface area contributed by atoms with Crippen molar-refractivity contribution in [3.8, 4) is 23.0 Å². The van der Waals surface area contributed by atoms with Gasteiger partial charge in [-0.25, -0.2) is 0 Å². The number of Topliss-reactive ketones (excluding diaryl/α,β-unsaturated/α-hetero) is 1. The van der Waals surface area contributed by atoms with E-state index in [2.05, 4.69) is 5.32 Å². The van der Waals surface area contributed by atoms with Crippen molar-refractivity contribution in [1.82, 2.24) is 10.2 Å². The first kappa shape index (κ1) is 33.5. The predicted molar refractivity (Wildman–Crippen MR) is 154 cm³/mol. The molecule has 0 saturated heterocycles. The largest absolute Gasteiger partial charge is 0.493 e. The van der Waals surface area contributed by atoms with Crippen molar-refractivity contribution in [2.45, 2.75) is 44.4 Å². The molecule has 2 aromatic rings. The molecular formula is C29H42N4O8. The van der Waals surface area contributed by atoms with Gasteiger partial charge >= 0.3 is 0 Å². The summed E-state index contributed by atoms with van der Waals surface area (Å²) in [5.41, 5.74) is 11.6. The molecule has 0 bridgehead atoms. The Labute approximate surface area is 240 Å². The lowest BCUT2D eigenvalue weighted by molar-refractivity contribution is -0.126. The Kier molecular flexibility index (Phi) is 13.5. The molecule has 2 rings (SSSR count).